The Bertz CT molecular complexity index is 1200. The third-order valence-electron chi connectivity index (χ3n) is 5.64. The molecule has 1 saturated heterocycles. The molecule has 1 N–H and O–H groups in total. The summed E-state index contributed by atoms with van der Waals surface area (Å²) in [6.07, 6.45) is 4.00. The number of nitrogens with one attached hydrogen (secondary N) is 1. The van der Waals surface area contributed by atoms with Crippen LogP contribution in [0, 0.1) is 0 Å². The van der Waals surface area contributed by atoms with E-state index in [4.69, 9.17) is 23.2 Å². The number of fused-ring (bicyclic) bond motifs is 1. The largest absolute Gasteiger partial charge is 0.361 e. The lowest BCUT2D eigenvalue weighted by Crippen LogP contribution is -2.50. The summed E-state index contributed by atoms with van der Waals surface area (Å²) >= 11 is 12.1. The molecule has 1 fully saturated rings. The molecule has 31 heavy (non-hydrogen) atoms. The molecule has 6 nitrogen and oxygen atoms in total. The van der Waals surface area contributed by atoms with Gasteiger partial charge in [-0.05, 0) is 36.6 Å². The van der Waals surface area contributed by atoms with Gasteiger partial charge in [-0.25, -0.2) is 8.42 Å². The molecule has 0 saturated carbocycles. The predicted octanol–water partition coefficient (Wildman–Crippen LogP) is 4.33. The van der Waals surface area contributed by atoms with Crippen LogP contribution in [0.25, 0.3) is 10.9 Å². The lowest BCUT2D eigenvalue weighted by Gasteiger charge is -2.34. The topological polar surface area (TPSA) is 73.5 Å². The second-order valence-corrected chi connectivity index (χ2v) is 10.2. The van der Waals surface area contributed by atoms with Gasteiger partial charge >= 0.3 is 0 Å². The lowest BCUT2D eigenvalue weighted by atomic mass is 10.1. The quantitative estimate of drug-likeness (QED) is 0.571. The van der Waals surface area contributed by atoms with Gasteiger partial charge in [0.25, 0.3) is 0 Å². The van der Waals surface area contributed by atoms with E-state index < -0.39 is 10.0 Å². The van der Waals surface area contributed by atoms with Crippen molar-refractivity contribution in [2.24, 2.45) is 0 Å². The molecule has 0 radical (unpaired) electrons. The number of piperazine rings is 1. The number of H-pyrrole nitrogens is 1. The lowest BCUT2D eigenvalue weighted by molar-refractivity contribution is -0.132. The van der Waals surface area contributed by atoms with E-state index in [0.29, 0.717) is 19.5 Å². The Morgan fingerprint density at radius 3 is 2.52 bits per heavy atom. The van der Waals surface area contributed by atoms with Crippen LogP contribution in [-0.2, 0) is 21.2 Å². The van der Waals surface area contributed by atoms with Gasteiger partial charge in [-0.1, -0.05) is 47.5 Å². The van der Waals surface area contributed by atoms with Gasteiger partial charge < -0.3 is 9.88 Å². The van der Waals surface area contributed by atoms with Crippen LogP contribution < -0.4 is 0 Å². The first-order valence-electron chi connectivity index (χ1n) is 10.1. The van der Waals surface area contributed by atoms with Gasteiger partial charge in [0, 0.05) is 49.7 Å². The van der Waals surface area contributed by atoms with Crippen molar-refractivity contribution in [3.63, 3.8) is 0 Å². The first-order chi connectivity index (χ1) is 14.9. The fourth-order valence-electron chi connectivity index (χ4n) is 3.93. The minimum absolute atomic E-state index is 0.000160. The van der Waals surface area contributed by atoms with Crippen molar-refractivity contribution in [3.05, 3.63) is 64.3 Å². The Kier molecular flexibility index (Phi) is 6.57. The molecule has 0 spiro atoms. The number of rotatable bonds is 6. The Balaban J connectivity index is 1.31. The average Bonchev–Trinajstić information content (AvgIpc) is 3.19. The molecule has 3 aromatic rings. The van der Waals surface area contributed by atoms with Crippen molar-refractivity contribution < 1.29 is 13.2 Å². The highest BCUT2D eigenvalue weighted by Gasteiger charge is 2.31. The maximum absolute atomic E-state index is 12.9. The number of aromatic amines is 1. The number of amides is 1. The van der Waals surface area contributed by atoms with E-state index in [1.807, 2.05) is 24.4 Å². The number of hydrogen-bond donors (Lipinski definition) is 1. The molecule has 0 bridgehead atoms. The summed E-state index contributed by atoms with van der Waals surface area (Å²) in [7, 11) is -3.76. The van der Waals surface area contributed by atoms with Crippen molar-refractivity contribution >= 4 is 50.0 Å². The number of carbonyl (C=O) groups is 1. The van der Waals surface area contributed by atoms with E-state index in [-0.39, 0.29) is 33.9 Å². The summed E-state index contributed by atoms with van der Waals surface area (Å²) in [5.74, 6) is 0.0534. The van der Waals surface area contributed by atoms with Crippen LogP contribution in [0.15, 0.2) is 53.6 Å². The Labute approximate surface area is 191 Å². The molecule has 0 aliphatic carbocycles. The van der Waals surface area contributed by atoms with Crippen molar-refractivity contribution in [3.8, 4) is 0 Å². The van der Waals surface area contributed by atoms with E-state index >= 15 is 0 Å². The van der Waals surface area contributed by atoms with Gasteiger partial charge in [-0.3, -0.25) is 4.79 Å². The molecule has 1 aliphatic rings. The molecule has 2 aromatic carbocycles. The highest BCUT2D eigenvalue weighted by Crippen LogP contribution is 2.31. The zero-order valence-electron chi connectivity index (χ0n) is 16.9. The molecule has 4 rings (SSSR count). The smallest absolute Gasteiger partial charge is 0.244 e. The zero-order valence-corrected chi connectivity index (χ0v) is 19.2. The molecular weight excluding hydrogens is 457 g/mol. The highest BCUT2D eigenvalue weighted by molar-refractivity contribution is 7.89. The van der Waals surface area contributed by atoms with Gasteiger partial charge in [0.15, 0.2) is 0 Å². The Morgan fingerprint density at radius 2 is 1.74 bits per heavy atom. The number of hydrogen-bond acceptors (Lipinski definition) is 3. The van der Waals surface area contributed by atoms with Gasteiger partial charge in [-0.15, -0.1) is 0 Å². The number of aryl methyl sites for hydroxylation is 1. The Hall–Kier alpha value is -2.06. The van der Waals surface area contributed by atoms with E-state index in [0.717, 1.165) is 18.4 Å². The van der Waals surface area contributed by atoms with Crippen LogP contribution in [0.5, 0.6) is 0 Å². The summed E-state index contributed by atoms with van der Waals surface area (Å²) in [6.45, 7) is 1.20. The van der Waals surface area contributed by atoms with Crippen LogP contribution in [-0.4, -0.2) is 54.7 Å². The average molecular weight is 480 g/mol. The maximum Gasteiger partial charge on any atom is 0.244 e. The number of para-hydroxylation sites is 1. The molecule has 164 valence electrons. The highest BCUT2D eigenvalue weighted by atomic mass is 35.5. The first kappa shape index (κ1) is 22.1. The summed E-state index contributed by atoms with van der Waals surface area (Å²) in [4.78, 5) is 17.6. The molecule has 1 aromatic heterocycles. The number of nitrogens with zero attached hydrogens (tertiary/aromatic N) is 2. The van der Waals surface area contributed by atoms with Crippen LogP contribution in [0.2, 0.25) is 10.0 Å². The maximum atomic E-state index is 12.9. The van der Waals surface area contributed by atoms with Crippen molar-refractivity contribution in [1.82, 2.24) is 14.2 Å². The number of carbonyl (C=O) groups excluding carboxylic acids is 1. The number of aromatic nitrogens is 1. The van der Waals surface area contributed by atoms with Gasteiger partial charge in [0.1, 0.15) is 4.90 Å². The summed E-state index contributed by atoms with van der Waals surface area (Å²) in [5, 5.41) is 1.42. The van der Waals surface area contributed by atoms with Crippen molar-refractivity contribution in [1.29, 1.82) is 0 Å². The van der Waals surface area contributed by atoms with Gasteiger partial charge in [-0.2, -0.15) is 4.31 Å². The SMILES string of the molecule is O=C(CCCc1c[nH]c2ccccc12)N1CCN(S(=O)(=O)c2cccc(Cl)c2Cl)CC1. The minimum Gasteiger partial charge on any atom is -0.361 e. The van der Waals surface area contributed by atoms with E-state index in [2.05, 4.69) is 11.1 Å². The summed E-state index contributed by atoms with van der Waals surface area (Å²) in [6, 6.07) is 12.7. The van der Waals surface area contributed by atoms with E-state index in [1.54, 1.807) is 17.0 Å². The molecular formula is C22H23Cl2N3O3S. The number of benzene rings is 2. The Morgan fingerprint density at radius 1 is 1.00 bits per heavy atom. The second kappa shape index (κ2) is 9.20. The van der Waals surface area contributed by atoms with Crippen LogP contribution in [0.3, 0.4) is 0 Å². The number of halogens is 2. The van der Waals surface area contributed by atoms with Crippen molar-refractivity contribution in [2.45, 2.75) is 24.2 Å². The summed E-state index contributed by atoms with van der Waals surface area (Å²) < 4.78 is 27.2. The molecule has 9 heteroatoms. The molecule has 2 heterocycles. The normalized spacial score (nSPS) is 15.5. The fourth-order valence-corrected chi connectivity index (χ4v) is 6.09. The van der Waals surface area contributed by atoms with Crippen LogP contribution >= 0.6 is 23.2 Å². The standard InChI is InChI=1S/C22H23Cl2N3O3S/c23-18-7-4-9-20(22(18)24)31(29,30)27-13-11-26(12-14-27)21(28)10-3-5-16-15-25-19-8-2-1-6-17(16)19/h1-2,4,6-9,15,25H,3,5,10-14H2. The van der Waals surface area contributed by atoms with Gasteiger partial charge in [0.2, 0.25) is 15.9 Å². The molecule has 0 unspecified atom stereocenters. The van der Waals surface area contributed by atoms with Crippen LogP contribution in [0.1, 0.15) is 18.4 Å². The number of sulfonamides is 1. The second-order valence-electron chi connectivity index (χ2n) is 7.55. The molecule has 1 aliphatic heterocycles. The monoisotopic (exact) mass is 479 g/mol. The van der Waals surface area contributed by atoms with E-state index in [9.17, 15) is 13.2 Å². The fraction of sp³-hybridized carbons (Fsp3) is 0.318. The first-order valence-corrected chi connectivity index (χ1v) is 12.3. The minimum atomic E-state index is -3.76. The predicted molar refractivity (Wildman–Crippen MR) is 123 cm³/mol. The molecule has 0 atom stereocenters. The molecule has 1 amide bonds. The third kappa shape index (κ3) is 4.60. The van der Waals surface area contributed by atoms with E-state index in [1.165, 1.54) is 21.3 Å². The van der Waals surface area contributed by atoms with Crippen LogP contribution in [0.4, 0.5) is 0 Å². The van der Waals surface area contributed by atoms with Crippen molar-refractivity contribution in [2.75, 3.05) is 26.2 Å². The van der Waals surface area contributed by atoms with Gasteiger partial charge in [0.05, 0.1) is 10.0 Å². The summed E-state index contributed by atoms with van der Waals surface area (Å²) in [5.41, 5.74) is 2.30. The zero-order chi connectivity index (χ0) is 22.0. The third-order valence-corrected chi connectivity index (χ3v) is 8.51.